The Hall–Kier alpha value is -0.120. The van der Waals surface area contributed by atoms with E-state index in [0.29, 0.717) is 12.1 Å². The summed E-state index contributed by atoms with van der Waals surface area (Å²) in [5.41, 5.74) is 0. The molecule has 0 aliphatic carbocycles. The Morgan fingerprint density at radius 3 is 2.41 bits per heavy atom. The van der Waals surface area contributed by atoms with E-state index in [-0.39, 0.29) is 0 Å². The summed E-state index contributed by atoms with van der Waals surface area (Å²) in [6, 6.07) is 1.22. The predicted molar refractivity (Wildman–Crippen MR) is 75.6 cm³/mol. The van der Waals surface area contributed by atoms with Crippen LogP contribution in [0.15, 0.2) is 0 Å². The Kier molecular flexibility index (Phi) is 10.9. The highest BCUT2D eigenvalue weighted by atomic mass is 16.5. The molecule has 104 valence electrons. The molecule has 3 nitrogen and oxygen atoms in total. The summed E-state index contributed by atoms with van der Waals surface area (Å²) in [6.45, 7) is 13.1. The zero-order valence-corrected chi connectivity index (χ0v) is 12.5. The highest BCUT2D eigenvalue weighted by molar-refractivity contribution is 4.69. The van der Waals surface area contributed by atoms with Gasteiger partial charge in [0.05, 0.1) is 6.61 Å². The molecule has 0 aromatic heterocycles. The van der Waals surface area contributed by atoms with Crippen molar-refractivity contribution in [3.8, 4) is 0 Å². The molecule has 3 heteroatoms. The zero-order chi connectivity index (χ0) is 13.1. The summed E-state index contributed by atoms with van der Waals surface area (Å²) in [5.74, 6) is 0. The molecule has 0 amide bonds. The van der Waals surface area contributed by atoms with Gasteiger partial charge in [-0.25, -0.2) is 0 Å². The predicted octanol–water partition coefficient (Wildman–Crippen LogP) is 2.51. The van der Waals surface area contributed by atoms with E-state index in [1.165, 1.54) is 25.8 Å². The van der Waals surface area contributed by atoms with Crippen LogP contribution in [0.25, 0.3) is 0 Å². The minimum absolute atomic E-state index is 0.532. The van der Waals surface area contributed by atoms with E-state index in [1.807, 2.05) is 0 Å². The molecule has 0 aliphatic heterocycles. The first-order valence-corrected chi connectivity index (χ1v) is 7.15. The third-order valence-corrected chi connectivity index (χ3v) is 3.42. The van der Waals surface area contributed by atoms with Gasteiger partial charge in [-0.3, -0.25) is 4.90 Å². The van der Waals surface area contributed by atoms with Crippen LogP contribution in [0, 0.1) is 0 Å². The number of hydrogen-bond acceptors (Lipinski definition) is 3. The molecule has 0 heterocycles. The maximum Gasteiger partial charge on any atom is 0.0615 e. The molecule has 0 aromatic rings. The minimum atomic E-state index is 0.532. The van der Waals surface area contributed by atoms with Gasteiger partial charge in [-0.15, -0.1) is 0 Å². The molecular weight excluding hydrogens is 212 g/mol. The molecule has 2 unspecified atom stereocenters. The van der Waals surface area contributed by atoms with Gasteiger partial charge in [0.1, 0.15) is 0 Å². The van der Waals surface area contributed by atoms with Crippen molar-refractivity contribution >= 4 is 0 Å². The van der Waals surface area contributed by atoms with Gasteiger partial charge in [-0.2, -0.15) is 0 Å². The molecule has 1 N–H and O–H groups in total. The van der Waals surface area contributed by atoms with E-state index < -0.39 is 0 Å². The largest absolute Gasteiger partial charge is 0.383 e. The molecule has 0 saturated heterocycles. The van der Waals surface area contributed by atoms with Gasteiger partial charge in [0.2, 0.25) is 0 Å². The van der Waals surface area contributed by atoms with Gasteiger partial charge in [-0.1, -0.05) is 20.8 Å². The molecule has 0 spiro atoms. The van der Waals surface area contributed by atoms with E-state index >= 15 is 0 Å². The Balaban J connectivity index is 3.81. The molecule has 2 atom stereocenters. The standard InChI is InChI=1S/C14H32N2O/c1-6-14(15-7-2)10-9-11-16(8-3)13(4)12-17-5/h13-15H,6-12H2,1-5H3. The first-order chi connectivity index (χ1) is 8.19. The third kappa shape index (κ3) is 7.74. The van der Waals surface area contributed by atoms with E-state index in [2.05, 4.69) is 37.9 Å². The van der Waals surface area contributed by atoms with Crippen LogP contribution in [0.5, 0.6) is 0 Å². The number of nitrogens with zero attached hydrogens (tertiary/aromatic N) is 1. The second-order valence-corrected chi connectivity index (χ2v) is 4.74. The Morgan fingerprint density at radius 1 is 1.24 bits per heavy atom. The lowest BCUT2D eigenvalue weighted by Gasteiger charge is -2.28. The van der Waals surface area contributed by atoms with Crippen molar-refractivity contribution in [2.75, 3.05) is 33.4 Å². The van der Waals surface area contributed by atoms with Crippen molar-refractivity contribution in [3.05, 3.63) is 0 Å². The molecule has 0 bridgehead atoms. The van der Waals surface area contributed by atoms with Crippen LogP contribution in [-0.4, -0.2) is 50.3 Å². The summed E-state index contributed by atoms with van der Waals surface area (Å²) < 4.78 is 5.22. The number of rotatable bonds is 11. The first kappa shape index (κ1) is 16.9. The molecule has 0 rings (SSSR count). The van der Waals surface area contributed by atoms with Crippen LogP contribution in [0.3, 0.4) is 0 Å². The van der Waals surface area contributed by atoms with Crippen molar-refractivity contribution in [1.82, 2.24) is 10.2 Å². The van der Waals surface area contributed by atoms with Crippen LogP contribution in [0.4, 0.5) is 0 Å². The fraction of sp³-hybridized carbons (Fsp3) is 1.00. The monoisotopic (exact) mass is 244 g/mol. The fourth-order valence-corrected chi connectivity index (χ4v) is 2.32. The van der Waals surface area contributed by atoms with Gasteiger partial charge < -0.3 is 10.1 Å². The van der Waals surface area contributed by atoms with Gasteiger partial charge in [0.25, 0.3) is 0 Å². The second kappa shape index (κ2) is 11.0. The Labute approximate surface area is 108 Å². The van der Waals surface area contributed by atoms with Gasteiger partial charge in [0, 0.05) is 19.2 Å². The highest BCUT2D eigenvalue weighted by Crippen LogP contribution is 2.06. The molecule has 17 heavy (non-hydrogen) atoms. The minimum Gasteiger partial charge on any atom is -0.383 e. The molecule has 0 saturated carbocycles. The summed E-state index contributed by atoms with van der Waals surface area (Å²) in [6.07, 6.45) is 3.78. The molecular formula is C14H32N2O. The lowest BCUT2D eigenvalue weighted by molar-refractivity contribution is 0.101. The Morgan fingerprint density at radius 2 is 1.94 bits per heavy atom. The van der Waals surface area contributed by atoms with Gasteiger partial charge in [0.15, 0.2) is 0 Å². The van der Waals surface area contributed by atoms with Crippen LogP contribution in [0.2, 0.25) is 0 Å². The van der Waals surface area contributed by atoms with E-state index in [4.69, 9.17) is 4.74 Å². The SMILES string of the molecule is CCNC(CC)CCCN(CC)C(C)COC. The van der Waals surface area contributed by atoms with E-state index in [9.17, 15) is 0 Å². The number of hydrogen-bond donors (Lipinski definition) is 1. The number of methoxy groups -OCH3 is 1. The summed E-state index contributed by atoms with van der Waals surface area (Å²) >= 11 is 0. The molecule has 0 aromatic carbocycles. The maximum atomic E-state index is 5.22. The summed E-state index contributed by atoms with van der Waals surface area (Å²) in [5, 5.41) is 3.54. The average molecular weight is 244 g/mol. The summed E-state index contributed by atoms with van der Waals surface area (Å²) in [7, 11) is 1.78. The van der Waals surface area contributed by atoms with E-state index in [1.54, 1.807) is 7.11 Å². The molecule has 0 radical (unpaired) electrons. The number of nitrogens with one attached hydrogen (secondary N) is 1. The lowest BCUT2D eigenvalue weighted by atomic mass is 10.1. The van der Waals surface area contributed by atoms with Gasteiger partial charge in [-0.05, 0) is 45.8 Å². The lowest BCUT2D eigenvalue weighted by Crippen LogP contribution is -2.37. The quantitative estimate of drug-likeness (QED) is 0.604. The average Bonchev–Trinajstić information content (AvgIpc) is 2.33. The van der Waals surface area contributed by atoms with Crippen LogP contribution in [-0.2, 0) is 4.74 Å². The first-order valence-electron chi connectivity index (χ1n) is 7.15. The topological polar surface area (TPSA) is 24.5 Å². The van der Waals surface area contributed by atoms with Gasteiger partial charge >= 0.3 is 0 Å². The number of likely N-dealkylation sites (N-methyl/N-ethyl adjacent to an activating group) is 1. The van der Waals surface area contributed by atoms with Crippen LogP contribution in [0.1, 0.15) is 47.0 Å². The molecule has 0 aliphatic rings. The smallest absolute Gasteiger partial charge is 0.0615 e. The van der Waals surface area contributed by atoms with Crippen molar-refractivity contribution in [2.45, 2.75) is 59.0 Å². The Bertz CT molecular complexity index is 164. The highest BCUT2D eigenvalue weighted by Gasteiger charge is 2.12. The van der Waals surface area contributed by atoms with Crippen molar-refractivity contribution in [3.63, 3.8) is 0 Å². The summed E-state index contributed by atoms with van der Waals surface area (Å²) in [4.78, 5) is 2.50. The zero-order valence-electron chi connectivity index (χ0n) is 12.5. The van der Waals surface area contributed by atoms with Crippen molar-refractivity contribution in [2.24, 2.45) is 0 Å². The number of ether oxygens (including phenoxy) is 1. The third-order valence-electron chi connectivity index (χ3n) is 3.42. The fourth-order valence-electron chi connectivity index (χ4n) is 2.32. The second-order valence-electron chi connectivity index (χ2n) is 4.74. The van der Waals surface area contributed by atoms with E-state index in [0.717, 1.165) is 19.7 Å². The molecule has 0 fully saturated rings. The van der Waals surface area contributed by atoms with Crippen LogP contribution >= 0.6 is 0 Å². The maximum absolute atomic E-state index is 5.22. The normalized spacial score (nSPS) is 15.2. The van der Waals surface area contributed by atoms with Crippen LogP contribution < -0.4 is 5.32 Å². The van der Waals surface area contributed by atoms with Crippen molar-refractivity contribution < 1.29 is 4.74 Å². The van der Waals surface area contributed by atoms with Crippen molar-refractivity contribution in [1.29, 1.82) is 0 Å².